The molecular weight excluding hydrogens is 236 g/mol. The Morgan fingerprint density at radius 2 is 1.59 bits per heavy atom. The van der Waals surface area contributed by atoms with Gasteiger partial charge in [-0.15, -0.1) is 0 Å². The molecule has 0 aromatic heterocycles. The van der Waals surface area contributed by atoms with Crippen molar-refractivity contribution < 1.29 is 39.2 Å². The van der Waals surface area contributed by atoms with Crippen LogP contribution in [0.2, 0.25) is 0 Å². The zero-order valence-electron chi connectivity index (χ0n) is 8.95. The van der Waals surface area contributed by atoms with Gasteiger partial charge in [-0.25, -0.2) is 4.79 Å². The first-order chi connectivity index (χ1) is 7.75. The maximum absolute atomic E-state index is 10.8. The normalized spacial score (nSPS) is 13.5. The van der Waals surface area contributed by atoms with Crippen LogP contribution in [0.25, 0.3) is 0 Å². The Labute approximate surface area is 95.8 Å². The molecule has 2 unspecified atom stereocenters. The summed E-state index contributed by atoms with van der Waals surface area (Å²) in [5.41, 5.74) is 0. The first-order valence-electron chi connectivity index (χ1n) is 4.60. The number of rotatable bonds is 7. The molecule has 0 aliphatic heterocycles. The number of aliphatic carboxylic acids is 3. The number of esters is 1. The van der Waals surface area contributed by atoms with Gasteiger partial charge in [-0.1, -0.05) is 0 Å². The van der Waals surface area contributed by atoms with Crippen molar-refractivity contribution in [3.05, 3.63) is 0 Å². The Kier molecular flexibility index (Phi) is 5.65. The first kappa shape index (κ1) is 14.9. The standard InChI is InChI=1S/C9H12O8/c1-4(10)17-7(9(15)16)5(8(13)14)2-3-6(11)12/h5,7H,2-3H2,1H3,(H,11,12)(H,13,14)(H,15,16). The minimum Gasteiger partial charge on any atom is -0.481 e. The zero-order chi connectivity index (χ0) is 13.6. The van der Waals surface area contributed by atoms with E-state index in [1.165, 1.54) is 0 Å². The Balaban J connectivity index is 4.83. The van der Waals surface area contributed by atoms with Crippen molar-refractivity contribution >= 4 is 23.9 Å². The lowest BCUT2D eigenvalue weighted by Gasteiger charge is -2.19. The van der Waals surface area contributed by atoms with E-state index in [-0.39, 0.29) is 0 Å². The van der Waals surface area contributed by atoms with Gasteiger partial charge >= 0.3 is 23.9 Å². The van der Waals surface area contributed by atoms with Crippen molar-refractivity contribution in [2.45, 2.75) is 25.9 Å². The van der Waals surface area contributed by atoms with Crippen LogP contribution in [-0.2, 0) is 23.9 Å². The van der Waals surface area contributed by atoms with Gasteiger partial charge in [-0.2, -0.15) is 0 Å². The van der Waals surface area contributed by atoms with Gasteiger partial charge < -0.3 is 20.1 Å². The molecule has 0 aromatic rings. The van der Waals surface area contributed by atoms with Gasteiger partial charge in [0.2, 0.25) is 6.10 Å². The van der Waals surface area contributed by atoms with Crippen LogP contribution in [0.3, 0.4) is 0 Å². The van der Waals surface area contributed by atoms with Crippen LogP contribution in [0, 0.1) is 5.92 Å². The Bertz CT molecular complexity index is 334. The highest BCUT2D eigenvalue weighted by Gasteiger charge is 2.36. The van der Waals surface area contributed by atoms with E-state index in [0.29, 0.717) is 0 Å². The molecule has 0 bridgehead atoms. The molecule has 0 aliphatic carbocycles. The van der Waals surface area contributed by atoms with Crippen molar-refractivity contribution in [1.82, 2.24) is 0 Å². The summed E-state index contributed by atoms with van der Waals surface area (Å²) in [4.78, 5) is 42.5. The predicted octanol–water partition coefficient (Wildman–Crippen LogP) is -0.432. The lowest BCUT2D eigenvalue weighted by molar-refractivity contribution is -0.172. The number of ether oxygens (including phenoxy) is 1. The summed E-state index contributed by atoms with van der Waals surface area (Å²) in [5, 5.41) is 25.9. The van der Waals surface area contributed by atoms with E-state index in [2.05, 4.69) is 4.74 Å². The molecule has 2 atom stereocenters. The van der Waals surface area contributed by atoms with Crippen molar-refractivity contribution in [3.8, 4) is 0 Å². The lowest BCUT2D eigenvalue weighted by Crippen LogP contribution is -2.38. The Morgan fingerprint density at radius 3 is 1.88 bits per heavy atom. The number of hydrogen-bond donors (Lipinski definition) is 3. The number of carbonyl (C=O) groups excluding carboxylic acids is 1. The summed E-state index contributed by atoms with van der Waals surface area (Å²) in [7, 11) is 0. The maximum Gasteiger partial charge on any atom is 0.345 e. The van der Waals surface area contributed by atoms with Crippen molar-refractivity contribution in [1.29, 1.82) is 0 Å². The molecule has 0 heterocycles. The fraction of sp³-hybridized carbons (Fsp3) is 0.556. The average molecular weight is 248 g/mol. The van der Waals surface area contributed by atoms with Gasteiger partial charge in [0.05, 0.1) is 0 Å². The molecule has 0 rings (SSSR count). The monoisotopic (exact) mass is 248 g/mol. The summed E-state index contributed by atoms with van der Waals surface area (Å²) in [5.74, 6) is -6.95. The number of carboxylic acid groups (broad SMARTS) is 3. The second kappa shape index (κ2) is 6.46. The summed E-state index contributed by atoms with van der Waals surface area (Å²) in [6.07, 6.45) is -2.85. The fourth-order valence-corrected chi connectivity index (χ4v) is 1.17. The van der Waals surface area contributed by atoms with Crippen LogP contribution in [0.5, 0.6) is 0 Å². The molecule has 0 aliphatic rings. The van der Waals surface area contributed by atoms with Crippen LogP contribution in [0.15, 0.2) is 0 Å². The molecule has 96 valence electrons. The third-order valence-electron chi connectivity index (χ3n) is 1.89. The summed E-state index contributed by atoms with van der Waals surface area (Å²) < 4.78 is 4.36. The SMILES string of the molecule is CC(=O)OC(C(=O)O)C(CCC(=O)O)C(=O)O. The molecule has 0 aromatic carbocycles. The first-order valence-corrected chi connectivity index (χ1v) is 4.60. The molecule has 0 saturated heterocycles. The second-order valence-electron chi connectivity index (χ2n) is 3.25. The largest absolute Gasteiger partial charge is 0.481 e. The van der Waals surface area contributed by atoms with Crippen molar-refractivity contribution in [3.63, 3.8) is 0 Å². The van der Waals surface area contributed by atoms with E-state index in [1.807, 2.05) is 0 Å². The average Bonchev–Trinajstić information content (AvgIpc) is 2.14. The second-order valence-corrected chi connectivity index (χ2v) is 3.25. The number of hydrogen-bond acceptors (Lipinski definition) is 5. The van der Waals surface area contributed by atoms with Crippen molar-refractivity contribution in [2.24, 2.45) is 5.92 Å². The number of carbonyl (C=O) groups is 4. The van der Waals surface area contributed by atoms with Gasteiger partial charge in [0.15, 0.2) is 0 Å². The molecule has 0 amide bonds. The Hall–Kier alpha value is -2.12. The molecule has 8 nitrogen and oxygen atoms in total. The van der Waals surface area contributed by atoms with Crippen LogP contribution in [0.1, 0.15) is 19.8 Å². The van der Waals surface area contributed by atoms with Gasteiger partial charge in [0.1, 0.15) is 5.92 Å². The predicted molar refractivity (Wildman–Crippen MR) is 51.2 cm³/mol. The summed E-state index contributed by atoms with van der Waals surface area (Å²) in [6, 6.07) is 0. The molecule has 8 heteroatoms. The quantitative estimate of drug-likeness (QED) is 0.516. The zero-order valence-corrected chi connectivity index (χ0v) is 8.95. The van der Waals surface area contributed by atoms with E-state index < -0.39 is 48.7 Å². The third-order valence-corrected chi connectivity index (χ3v) is 1.89. The summed E-state index contributed by atoms with van der Waals surface area (Å²) in [6.45, 7) is 0.937. The molecular formula is C9H12O8. The van der Waals surface area contributed by atoms with E-state index in [4.69, 9.17) is 15.3 Å². The molecule has 0 radical (unpaired) electrons. The molecule has 0 fully saturated rings. The highest BCUT2D eigenvalue weighted by molar-refractivity contribution is 5.84. The lowest BCUT2D eigenvalue weighted by atomic mass is 9.96. The smallest absolute Gasteiger partial charge is 0.345 e. The van der Waals surface area contributed by atoms with Gasteiger partial charge in [-0.3, -0.25) is 14.4 Å². The van der Waals surface area contributed by atoms with Crippen LogP contribution >= 0.6 is 0 Å². The van der Waals surface area contributed by atoms with E-state index in [9.17, 15) is 19.2 Å². The molecule has 0 spiro atoms. The minimum atomic E-state index is -1.88. The third kappa shape index (κ3) is 5.50. The topological polar surface area (TPSA) is 138 Å². The molecule has 0 saturated carbocycles. The molecule has 3 N–H and O–H groups in total. The van der Waals surface area contributed by atoms with Crippen molar-refractivity contribution in [2.75, 3.05) is 0 Å². The highest BCUT2D eigenvalue weighted by atomic mass is 16.6. The van der Waals surface area contributed by atoms with Gasteiger partial charge in [-0.05, 0) is 6.42 Å². The van der Waals surface area contributed by atoms with E-state index >= 15 is 0 Å². The highest BCUT2D eigenvalue weighted by Crippen LogP contribution is 2.16. The molecule has 17 heavy (non-hydrogen) atoms. The van der Waals surface area contributed by atoms with E-state index in [1.54, 1.807) is 0 Å². The van der Waals surface area contributed by atoms with E-state index in [0.717, 1.165) is 6.92 Å². The Morgan fingerprint density at radius 1 is 1.06 bits per heavy atom. The van der Waals surface area contributed by atoms with Gasteiger partial charge in [0, 0.05) is 13.3 Å². The van der Waals surface area contributed by atoms with Crippen LogP contribution in [0.4, 0.5) is 0 Å². The van der Waals surface area contributed by atoms with Gasteiger partial charge in [0.25, 0.3) is 0 Å². The van der Waals surface area contributed by atoms with Crippen LogP contribution < -0.4 is 0 Å². The maximum atomic E-state index is 10.8. The minimum absolute atomic E-state index is 0.436. The fourth-order valence-electron chi connectivity index (χ4n) is 1.17. The van der Waals surface area contributed by atoms with Crippen LogP contribution in [-0.4, -0.2) is 45.3 Å². The number of carboxylic acids is 3. The summed E-state index contributed by atoms with van der Waals surface area (Å²) >= 11 is 0.